The molecule has 0 saturated heterocycles. The summed E-state index contributed by atoms with van der Waals surface area (Å²) in [6.45, 7) is 2.05. The van der Waals surface area contributed by atoms with Crippen molar-refractivity contribution < 1.29 is 14.3 Å². The summed E-state index contributed by atoms with van der Waals surface area (Å²) < 4.78 is 5.77. The molecule has 1 unspecified atom stereocenters. The van der Waals surface area contributed by atoms with Crippen molar-refractivity contribution in [1.82, 2.24) is 0 Å². The number of nitrogens with zero attached hydrogens (tertiary/aromatic N) is 1. The molecule has 3 aromatic rings. The molecule has 4 rings (SSSR count). The second-order valence-electron chi connectivity index (χ2n) is 7.49. The summed E-state index contributed by atoms with van der Waals surface area (Å²) in [4.78, 5) is 27.0. The summed E-state index contributed by atoms with van der Waals surface area (Å²) in [5.74, 6) is 0.360. The van der Waals surface area contributed by atoms with Crippen LogP contribution in [0.1, 0.15) is 24.5 Å². The average molecular weight is 435 g/mol. The van der Waals surface area contributed by atoms with E-state index in [2.05, 4.69) is 5.32 Å². The average Bonchev–Trinajstić information content (AvgIpc) is 2.78. The lowest BCUT2D eigenvalue weighted by atomic mass is 10.1. The molecule has 0 saturated carbocycles. The molecule has 158 valence electrons. The van der Waals surface area contributed by atoms with Crippen molar-refractivity contribution in [2.24, 2.45) is 0 Å². The van der Waals surface area contributed by atoms with Gasteiger partial charge in [-0.25, -0.2) is 0 Å². The summed E-state index contributed by atoms with van der Waals surface area (Å²) in [7, 11) is 0. The van der Waals surface area contributed by atoms with Crippen LogP contribution >= 0.6 is 11.6 Å². The maximum Gasteiger partial charge on any atom is 0.268 e. The van der Waals surface area contributed by atoms with Crippen molar-refractivity contribution in [2.45, 2.75) is 32.4 Å². The van der Waals surface area contributed by atoms with Crippen LogP contribution in [0.4, 0.5) is 11.4 Å². The largest absolute Gasteiger partial charge is 0.479 e. The lowest BCUT2D eigenvalue weighted by Gasteiger charge is -2.33. The predicted molar refractivity (Wildman–Crippen MR) is 123 cm³/mol. The number of anilines is 2. The Balaban J connectivity index is 1.52. The highest BCUT2D eigenvalue weighted by molar-refractivity contribution is 6.31. The number of fused-ring (bicyclic) bond motifs is 1. The van der Waals surface area contributed by atoms with Crippen LogP contribution in [-0.4, -0.2) is 17.9 Å². The maximum absolute atomic E-state index is 12.9. The molecule has 0 fully saturated rings. The van der Waals surface area contributed by atoms with Gasteiger partial charge in [-0.05, 0) is 48.7 Å². The summed E-state index contributed by atoms with van der Waals surface area (Å²) in [5, 5.41) is 3.52. The van der Waals surface area contributed by atoms with Crippen molar-refractivity contribution in [3.8, 4) is 5.75 Å². The summed E-state index contributed by atoms with van der Waals surface area (Å²) in [5.41, 5.74) is 3.19. The summed E-state index contributed by atoms with van der Waals surface area (Å²) in [6, 6.07) is 22.7. The van der Waals surface area contributed by atoms with Crippen molar-refractivity contribution in [1.29, 1.82) is 0 Å². The van der Waals surface area contributed by atoms with Gasteiger partial charge in [0, 0.05) is 17.1 Å². The Kier molecular flexibility index (Phi) is 6.23. The van der Waals surface area contributed by atoms with E-state index >= 15 is 0 Å². The first-order chi connectivity index (χ1) is 15.0. The molecule has 1 aliphatic heterocycles. The van der Waals surface area contributed by atoms with Gasteiger partial charge in [-0.1, -0.05) is 60.1 Å². The van der Waals surface area contributed by atoms with Crippen LogP contribution in [0.3, 0.4) is 0 Å². The van der Waals surface area contributed by atoms with Crippen molar-refractivity contribution in [3.63, 3.8) is 0 Å². The van der Waals surface area contributed by atoms with Crippen LogP contribution in [0.5, 0.6) is 5.75 Å². The molecule has 0 radical (unpaired) electrons. The molecule has 1 N–H and O–H groups in total. The number of rotatable bonds is 6. The van der Waals surface area contributed by atoms with E-state index in [1.807, 2.05) is 48.5 Å². The first-order valence-corrected chi connectivity index (χ1v) is 10.6. The maximum atomic E-state index is 12.9. The van der Waals surface area contributed by atoms with Crippen molar-refractivity contribution in [3.05, 3.63) is 88.9 Å². The normalized spacial score (nSPS) is 15.2. The number of amides is 2. The third-order valence-electron chi connectivity index (χ3n) is 5.22. The molecule has 0 bridgehead atoms. The molecule has 0 aliphatic carbocycles. The summed E-state index contributed by atoms with van der Waals surface area (Å²) in [6.07, 6.45) is 0.438. The van der Waals surface area contributed by atoms with Gasteiger partial charge in [0.25, 0.3) is 5.91 Å². The fraction of sp³-hybridized carbons (Fsp3) is 0.200. The molecule has 0 spiro atoms. The molecule has 1 heterocycles. The Morgan fingerprint density at radius 2 is 1.81 bits per heavy atom. The number of hydrogen-bond acceptors (Lipinski definition) is 3. The van der Waals surface area contributed by atoms with Crippen LogP contribution in [-0.2, 0) is 22.6 Å². The van der Waals surface area contributed by atoms with Crippen LogP contribution in [0.2, 0.25) is 5.02 Å². The van der Waals surface area contributed by atoms with E-state index in [9.17, 15) is 9.59 Å². The highest BCUT2D eigenvalue weighted by atomic mass is 35.5. The van der Waals surface area contributed by atoms with Gasteiger partial charge in [0.05, 0.1) is 12.2 Å². The fourth-order valence-electron chi connectivity index (χ4n) is 3.57. The molecule has 31 heavy (non-hydrogen) atoms. The SMILES string of the molecule is CC1Oc2ccc(NC(=O)CCc3ccccc3)cc2N(Cc2ccccc2Cl)C1=O. The zero-order valence-electron chi connectivity index (χ0n) is 17.2. The zero-order valence-corrected chi connectivity index (χ0v) is 17.9. The smallest absolute Gasteiger partial charge is 0.268 e. The standard InChI is InChI=1S/C25H23ClN2O3/c1-17-25(30)28(16-19-9-5-6-10-21(19)26)22-15-20(12-13-23(22)31-17)27-24(29)14-11-18-7-3-2-4-8-18/h2-10,12-13,15,17H,11,14,16H2,1H3,(H,27,29). The fourth-order valence-corrected chi connectivity index (χ4v) is 3.77. The minimum Gasteiger partial charge on any atom is -0.479 e. The molecule has 6 heteroatoms. The predicted octanol–water partition coefficient (Wildman–Crippen LogP) is 5.23. The molecule has 0 aromatic heterocycles. The van der Waals surface area contributed by atoms with Crippen LogP contribution < -0.4 is 15.0 Å². The van der Waals surface area contributed by atoms with Gasteiger partial charge in [0.2, 0.25) is 5.91 Å². The van der Waals surface area contributed by atoms with Gasteiger partial charge >= 0.3 is 0 Å². The van der Waals surface area contributed by atoms with Crippen molar-refractivity contribution in [2.75, 3.05) is 10.2 Å². The van der Waals surface area contributed by atoms with Crippen LogP contribution in [0.25, 0.3) is 0 Å². The number of ether oxygens (including phenoxy) is 1. The lowest BCUT2D eigenvalue weighted by molar-refractivity contribution is -0.125. The monoisotopic (exact) mass is 434 g/mol. The number of carbonyl (C=O) groups excluding carboxylic acids is 2. The number of carbonyl (C=O) groups is 2. The number of aryl methyl sites for hydroxylation is 1. The van der Waals surface area contributed by atoms with Gasteiger partial charge in [0.15, 0.2) is 6.10 Å². The molecule has 5 nitrogen and oxygen atoms in total. The van der Waals surface area contributed by atoms with Crippen molar-refractivity contribution >= 4 is 34.8 Å². The Bertz CT molecular complexity index is 1100. The zero-order chi connectivity index (χ0) is 21.8. The van der Waals surface area contributed by atoms with Crippen LogP contribution in [0.15, 0.2) is 72.8 Å². The van der Waals surface area contributed by atoms with E-state index < -0.39 is 6.10 Å². The minimum absolute atomic E-state index is 0.0853. The highest BCUT2D eigenvalue weighted by Gasteiger charge is 2.32. The Hall–Kier alpha value is -3.31. The molecular formula is C25H23ClN2O3. The van der Waals surface area contributed by atoms with Gasteiger partial charge in [-0.15, -0.1) is 0 Å². The molecule has 1 aliphatic rings. The Morgan fingerprint density at radius 3 is 2.58 bits per heavy atom. The molecular weight excluding hydrogens is 412 g/mol. The number of halogens is 1. The number of hydrogen-bond donors (Lipinski definition) is 1. The van der Waals surface area contributed by atoms with E-state index in [4.69, 9.17) is 16.3 Å². The number of benzene rings is 3. The second kappa shape index (κ2) is 9.23. The van der Waals surface area contributed by atoms with E-state index in [-0.39, 0.29) is 11.8 Å². The summed E-state index contributed by atoms with van der Waals surface area (Å²) >= 11 is 6.31. The quantitative estimate of drug-likeness (QED) is 0.578. The minimum atomic E-state index is -0.596. The van der Waals surface area contributed by atoms with Gasteiger partial charge in [-0.2, -0.15) is 0 Å². The molecule has 1 atom stereocenters. The Labute approximate surface area is 186 Å². The first-order valence-electron chi connectivity index (χ1n) is 10.2. The third kappa shape index (κ3) is 4.89. The highest BCUT2D eigenvalue weighted by Crippen LogP contribution is 2.37. The van der Waals surface area contributed by atoms with E-state index in [1.54, 1.807) is 36.1 Å². The van der Waals surface area contributed by atoms with Gasteiger partial charge < -0.3 is 15.0 Å². The second-order valence-corrected chi connectivity index (χ2v) is 7.90. The lowest BCUT2D eigenvalue weighted by Crippen LogP contribution is -2.44. The van der Waals surface area contributed by atoms with E-state index in [0.717, 1.165) is 11.1 Å². The Morgan fingerprint density at radius 1 is 1.06 bits per heavy atom. The topological polar surface area (TPSA) is 58.6 Å². The number of nitrogens with one attached hydrogen (secondary N) is 1. The first kappa shape index (κ1) is 20.9. The third-order valence-corrected chi connectivity index (χ3v) is 5.59. The van der Waals surface area contributed by atoms with E-state index in [0.29, 0.717) is 41.5 Å². The van der Waals surface area contributed by atoms with Gasteiger partial charge in [0.1, 0.15) is 5.75 Å². The van der Waals surface area contributed by atoms with Crippen LogP contribution in [0, 0.1) is 0 Å². The van der Waals surface area contributed by atoms with E-state index in [1.165, 1.54) is 0 Å². The molecule has 3 aromatic carbocycles. The van der Waals surface area contributed by atoms with Gasteiger partial charge in [-0.3, -0.25) is 9.59 Å². The molecule has 2 amide bonds.